The van der Waals surface area contributed by atoms with Gasteiger partial charge < -0.3 is 0 Å². The Morgan fingerprint density at radius 3 is 0.944 bits per heavy atom. The van der Waals surface area contributed by atoms with Crippen molar-refractivity contribution in [1.82, 2.24) is 0 Å². The molecule has 3 heteroatoms. The number of aryl methyl sites for hydroxylation is 3. The predicted molar refractivity (Wildman–Crippen MR) is 138 cm³/mol. The number of hydrogen-bond donors (Lipinski definition) is 0. The molecule has 0 saturated heterocycles. The molecule has 0 heterocycles. The van der Waals surface area contributed by atoms with E-state index >= 15 is 13.2 Å². The molecular formula is C33H21F3. The average Bonchev–Trinajstić information content (AvgIpc) is 2.84. The predicted octanol–water partition coefficient (Wildman–Crippen LogP) is 7.23. The van der Waals surface area contributed by atoms with Crippen molar-refractivity contribution in [3.05, 3.63) is 140 Å². The number of halogens is 3. The molecule has 36 heavy (non-hydrogen) atoms. The second-order valence-electron chi connectivity index (χ2n) is 8.43. The van der Waals surface area contributed by atoms with Gasteiger partial charge in [0.25, 0.3) is 0 Å². The van der Waals surface area contributed by atoms with Crippen molar-refractivity contribution in [2.75, 3.05) is 0 Å². The van der Waals surface area contributed by atoms with Crippen LogP contribution in [0.5, 0.6) is 0 Å². The van der Waals surface area contributed by atoms with Gasteiger partial charge in [-0.2, -0.15) is 0 Å². The molecule has 0 saturated carbocycles. The lowest BCUT2D eigenvalue weighted by Gasteiger charge is -2.06. The molecule has 0 aliphatic rings. The molecule has 4 aromatic carbocycles. The Hall–Kier alpha value is -4.65. The summed E-state index contributed by atoms with van der Waals surface area (Å²) in [4.78, 5) is 0. The lowest BCUT2D eigenvalue weighted by molar-refractivity contribution is 0.531. The Kier molecular flexibility index (Phi) is 7.30. The smallest absolute Gasteiger partial charge is 0.160 e. The topological polar surface area (TPSA) is 0 Å². The van der Waals surface area contributed by atoms with Crippen molar-refractivity contribution in [2.24, 2.45) is 0 Å². The van der Waals surface area contributed by atoms with Crippen LogP contribution in [-0.2, 0) is 0 Å². The SMILES string of the molecule is Cc1cccc(C#Cc2c(F)c(C#Cc3cccc(C)c3)c(F)c(C#Cc3cccc(C)c3)c2F)c1. The standard InChI is InChI=1S/C33H21F3/c1-22-7-4-10-25(19-22)13-16-28-31(34)29(17-14-26-11-5-8-23(2)20-26)33(36)30(32(28)35)18-15-27-12-6-9-24(3)21-27/h4-12,19-21H,1-3H3. The zero-order chi connectivity index (χ0) is 25.7. The van der Waals surface area contributed by atoms with Gasteiger partial charge in [0.1, 0.15) is 0 Å². The maximum Gasteiger partial charge on any atom is 0.160 e. The Bertz CT molecular complexity index is 1440. The van der Waals surface area contributed by atoms with Gasteiger partial charge in [-0.1, -0.05) is 71.9 Å². The molecule has 0 aromatic heterocycles. The minimum Gasteiger partial charge on any atom is -0.204 e. The molecule has 0 fully saturated rings. The minimum atomic E-state index is -1.15. The van der Waals surface area contributed by atoms with Gasteiger partial charge in [0.05, 0.1) is 16.7 Å². The molecule has 0 nitrogen and oxygen atoms in total. The minimum absolute atomic E-state index is 0.569. The van der Waals surface area contributed by atoms with Crippen molar-refractivity contribution >= 4 is 0 Å². The fourth-order valence-electron chi connectivity index (χ4n) is 3.57. The van der Waals surface area contributed by atoms with E-state index in [9.17, 15) is 0 Å². The maximum atomic E-state index is 15.4. The third-order valence-corrected chi connectivity index (χ3v) is 5.37. The van der Waals surface area contributed by atoms with E-state index in [2.05, 4.69) is 35.5 Å². The van der Waals surface area contributed by atoms with Crippen molar-refractivity contribution in [3.63, 3.8) is 0 Å². The van der Waals surface area contributed by atoms with E-state index < -0.39 is 34.1 Å². The van der Waals surface area contributed by atoms with Gasteiger partial charge >= 0.3 is 0 Å². The summed E-state index contributed by atoms with van der Waals surface area (Å²) in [7, 11) is 0. The Labute approximate surface area is 209 Å². The summed E-state index contributed by atoms with van der Waals surface area (Å²) < 4.78 is 46.3. The Balaban J connectivity index is 1.91. The lowest BCUT2D eigenvalue weighted by atomic mass is 10.0. The van der Waals surface area contributed by atoms with Crippen LogP contribution in [0.15, 0.2) is 72.8 Å². The van der Waals surface area contributed by atoms with Crippen LogP contribution in [-0.4, -0.2) is 0 Å². The summed E-state index contributed by atoms with van der Waals surface area (Å²) in [6.45, 7) is 5.67. The highest BCUT2D eigenvalue weighted by molar-refractivity contribution is 5.58. The van der Waals surface area contributed by atoms with Crippen LogP contribution in [0.4, 0.5) is 13.2 Å². The molecule has 0 N–H and O–H groups in total. The first-order chi connectivity index (χ1) is 17.3. The monoisotopic (exact) mass is 474 g/mol. The van der Waals surface area contributed by atoms with Gasteiger partial charge in [0.2, 0.25) is 0 Å². The Morgan fingerprint density at radius 1 is 0.417 bits per heavy atom. The number of rotatable bonds is 0. The van der Waals surface area contributed by atoms with Gasteiger partial charge in [-0.05, 0) is 73.9 Å². The van der Waals surface area contributed by atoms with Crippen LogP contribution in [0, 0.1) is 73.7 Å². The molecular weight excluding hydrogens is 453 g/mol. The van der Waals surface area contributed by atoms with Crippen molar-refractivity contribution in [2.45, 2.75) is 20.8 Å². The molecule has 4 aromatic rings. The molecule has 0 aliphatic carbocycles. The molecule has 0 unspecified atom stereocenters. The van der Waals surface area contributed by atoms with Crippen LogP contribution < -0.4 is 0 Å². The third-order valence-electron chi connectivity index (χ3n) is 5.37. The molecule has 0 spiro atoms. The van der Waals surface area contributed by atoms with E-state index in [1.165, 1.54) is 0 Å². The highest BCUT2D eigenvalue weighted by atomic mass is 19.1. The molecule has 0 bridgehead atoms. The summed E-state index contributed by atoms with van der Waals surface area (Å²) in [5.74, 6) is 12.5. The quantitative estimate of drug-likeness (QED) is 0.236. The lowest BCUT2D eigenvalue weighted by Crippen LogP contribution is -2.04. The van der Waals surface area contributed by atoms with Gasteiger partial charge in [0.15, 0.2) is 17.5 Å². The molecule has 4 rings (SSSR count). The number of benzene rings is 4. The highest BCUT2D eigenvalue weighted by Crippen LogP contribution is 2.24. The van der Waals surface area contributed by atoms with E-state index in [0.717, 1.165) is 16.7 Å². The largest absolute Gasteiger partial charge is 0.204 e. The van der Waals surface area contributed by atoms with Gasteiger partial charge in [0, 0.05) is 16.7 Å². The first-order valence-electron chi connectivity index (χ1n) is 11.3. The van der Waals surface area contributed by atoms with Crippen LogP contribution in [0.2, 0.25) is 0 Å². The summed E-state index contributed by atoms with van der Waals surface area (Å²) in [5.41, 5.74) is 2.90. The van der Waals surface area contributed by atoms with Gasteiger partial charge in [-0.3, -0.25) is 0 Å². The second kappa shape index (κ2) is 10.7. The van der Waals surface area contributed by atoms with Gasteiger partial charge in [-0.25, -0.2) is 13.2 Å². The van der Waals surface area contributed by atoms with Crippen LogP contribution >= 0.6 is 0 Å². The van der Waals surface area contributed by atoms with E-state index in [-0.39, 0.29) is 0 Å². The molecule has 0 aliphatic heterocycles. The van der Waals surface area contributed by atoms with E-state index in [1.807, 2.05) is 39.0 Å². The number of hydrogen-bond acceptors (Lipinski definition) is 0. The summed E-state index contributed by atoms with van der Waals surface area (Å²) in [6.07, 6.45) is 0. The Morgan fingerprint density at radius 2 is 0.694 bits per heavy atom. The summed E-state index contributed by atoms with van der Waals surface area (Å²) in [6, 6.07) is 21.7. The average molecular weight is 475 g/mol. The first kappa shape index (κ1) is 24.5. The van der Waals surface area contributed by atoms with Crippen molar-refractivity contribution in [3.8, 4) is 35.5 Å². The van der Waals surface area contributed by atoms with E-state index in [1.54, 1.807) is 54.6 Å². The van der Waals surface area contributed by atoms with E-state index in [0.29, 0.717) is 16.7 Å². The highest BCUT2D eigenvalue weighted by Gasteiger charge is 2.22. The zero-order valence-electron chi connectivity index (χ0n) is 20.1. The summed E-state index contributed by atoms with van der Waals surface area (Å²) >= 11 is 0. The first-order valence-corrected chi connectivity index (χ1v) is 11.3. The fraction of sp³-hybridized carbons (Fsp3) is 0.0909. The van der Waals surface area contributed by atoms with Crippen LogP contribution in [0.3, 0.4) is 0 Å². The fourth-order valence-corrected chi connectivity index (χ4v) is 3.57. The molecule has 174 valence electrons. The molecule has 0 amide bonds. The van der Waals surface area contributed by atoms with Crippen LogP contribution in [0.25, 0.3) is 0 Å². The summed E-state index contributed by atoms with van der Waals surface area (Å²) in [5, 5.41) is 0. The van der Waals surface area contributed by atoms with Gasteiger partial charge in [-0.15, -0.1) is 0 Å². The molecule has 0 radical (unpaired) electrons. The third kappa shape index (κ3) is 5.70. The van der Waals surface area contributed by atoms with E-state index in [4.69, 9.17) is 0 Å². The zero-order valence-corrected chi connectivity index (χ0v) is 20.1. The molecule has 0 atom stereocenters. The van der Waals surface area contributed by atoms with Crippen molar-refractivity contribution < 1.29 is 13.2 Å². The second-order valence-corrected chi connectivity index (χ2v) is 8.43. The van der Waals surface area contributed by atoms with Crippen LogP contribution in [0.1, 0.15) is 50.1 Å². The van der Waals surface area contributed by atoms with Crippen molar-refractivity contribution in [1.29, 1.82) is 0 Å². The maximum absolute atomic E-state index is 15.4. The normalized spacial score (nSPS) is 9.83.